The van der Waals surface area contributed by atoms with Crippen molar-refractivity contribution >= 4 is 16.8 Å². The summed E-state index contributed by atoms with van der Waals surface area (Å²) in [6, 6.07) is 9.88. The molecule has 0 unspecified atom stereocenters. The summed E-state index contributed by atoms with van der Waals surface area (Å²) >= 11 is 0. The minimum atomic E-state index is -0.0790. The fraction of sp³-hybridized carbons (Fsp3) is 0.471. The van der Waals surface area contributed by atoms with Crippen LogP contribution < -0.4 is 5.32 Å². The van der Waals surface area contributed by atoms with Crippen LogP contribution in [-0.2, 0) is 7.05 Å². The van der Waals surface area contributed by atoms with Gasteiger partial charge in [-0.1, -0.05) is 32.0 Å². The van der Waals surface area contributed by atoms with E-state index in [1.807, 2.05) is 55.8 Å². The molecule has 1 aromatic heterocycles. The average molecular weight is 288 g/mol. The maximum atomic E-state index is 12.2. The Labute approximate surface area is 125 Å². The summed E-state index contributed by atoms with van der Waals surface area (Å²) in [5.41, 5.74) is 1.66. The molecule has 0 aliphatic carbocycles. The van der Waals surface area contributed by atoms with Gasteiger partial charge in [-0.2, -0.15) is 0 Å². The molecule has 0 radical (unpaired) electrons. The number of para-hydroxylation sites is 1. The molecule has 1 heterocycles. The molecular formula is C17H24N2O2. The Balaban J connectivity index is 1.95. The fourth-order valence-corrected chi connectivity index (χ4v) is 2.45. The monoisotopic (exact) mass is 288 g/mol. The van der Waals surface area contributed by atoms with Crippen molar-refractivity contribution in [3.8, 4) is 0 Å². The molecule has 4 nitrogen and oxygen atoms in total. The lowest BCUT2D eigenvalue weighted by Crippen LogP contribution is -2.27. The molecule has 2 rings (SSSR count). The zero-order valence-corrected chi connectivity index (χ0v) is 13.0. The second-order valence-corrected chi connectivity index (χ2v) is 6.33. The van der Waals surface area contributed by atoms with Crippen molar-refractivity contribution in [2.45, 2.75) is 26.7 Å². The molecule has 1 aromatic carbocycles. The number of rotatable bonds is 6. The summed E-state index contributed by atoms with van der Waals surface area (Å²) in [7, 11) is 1.91. The van der Waals surface area contributed by atoms with Gasteiger partial charge in [-0.25, -0.2) is 0 Å². The summed E-state index contributed by atoms with van der Waals surface area (Å²) in [6.07, 6.45) is 1.75. The summed E-state index contributed by atoms with van der Waals surface area (Å²) in [4.78, 5) is 12.2. The van der Waals surface area contributed by atoms with E-state index in [4.69, 9.17) is 0 Å². The van der Waals surface area contributed by atoms with E-state index in [2.05, 4.69) is 5.32 Å². The number of carbonyl (C=O) groups excluding carboxylic acids is 1. The van der Waals surface area contributed by atoms with Crippen molar-refractivity contribution in [3.05, 3.63) is 36.0 Å². The Morgan fingerprint density at radius 2 is 2.05 bits per heavy atom. The zero-order chi connectivity index (χ0) is 15.5. The van der Waals surface area contributed by atoms with Gasteiger partial charge in [0.25, 0.3) is 5.91 Å². The third-order valence-corrected chi connectivity index (χ3v) is 3.93. The molecule has 0 saturated carbocycles. The number of nitrogens with one attached hydrogen (secondary N) is 1. The molecule has 1 amide bonds. The molecule has 0 saturated heterocycles. The highest BCUT2D eigenvalue weighted by Gasteiger charge is 2.16. The highest BCUT2D eigenvalue weighted by Crippen LogP contribution is 2.21. The first kappa shape index (κ1) is 15.6. The van der Waals surface area contributed by atoms with Crippen LogP contribution in [0.15, 0.2) is 30.3 Å². The molecule has 0 aliphatic rings. The van der Waals surface area contributed by atoms with Crippen LogP contribution in [0.4, 0.5) is 0 Å². The van der Waals surface area contributed by atoms with Crippen molar-refractivity contribution in [2.24, 2.45) is 12.5 Å². The van der Waals surface area contributed by atoms with Gasteiger partial charge >= 0.3 is 0 Å². The lowest BCUT2D eigenvalue weighted by Gasteiger charge is -2.21. The van der Waals surface area contributed by atoms with E-state index in [0.717, 1.165) is 23.7 Å². The van der Waals surface area contributed by atoms with Crippen molar-refractivity contribution in [2.75, 3.05) is 13.2 Å². The van der Waals surface area contributed by atoms with Gasteiger partial charge in [0.1, 0.15) is 5.69 Å². The molecule has 0 spiro atoms. The van der Waals surface area contributed by atoms with Crippen LogP contribution >= 0.6 is 0 Å². The number of nitrogens with zero attached hydrogens (tertiary/aromatic N) is 1. The van der Waals surface area contributed by atoms with Crippen molar-refractivity contribution in [1.82, 2.24) is 9.88 Å². The van der Waals surface area contributed by atoms with E-state index >= 15 is 0 Å². The second kappa shape index (κ2) is 6.31. The second-order valence-electron chi connectivity index (χ2n) is 6.33. The van der Waals surface area contributed by atoms with Gasteiger partial charge in [0.2, 0.25) is 0 Å². The van der Waals surface area contributed by atoms with Crippen LogP contribution in [-0.4, -0.2) is 28.7 Å². The molecule has 4 heteroatoms. The average Bonchev–Trinajstić information content (AvgIpc) is 2.81. The Bertz CT molecular complexity index is 629. The van der Waals surface area contributed by atoms with Crippen LogP contribution in [0.5, 0.6) is 0 Å². The fourth-order valence-electron chi connectivity index (χ4n) is 2.45. The Hall–Kier alpha value is -1.81. The molecule has 0 bridgehead atoms. The van der Waals surface area contributed by atoms with E-state index in [9.17, 15) is 9.90 Å². The first-order valence-corrected chi connectivity index (χ1v) is 7.38. The minimum absolute atomic E-state index is 0.0458. The maximum Gasteiger partial charge on any atom is 0.267 e. The third-order valence-electron chi connectivity index (χ3n) is 3.93. The lowest BCUT2D eigenvalue weighted by molar-refractivity contribution is 0.0941. The quantitative estimate of drug-likeness (QED) is 0.803. The number of aryl methyl sites for hydroxylation is 1. The molecule has 0 fully saturated rings. The first-order chi connectivity index (χ1) is 9.94. The lowest BCUT2D eigenvalue weighted by atomic mass is 9.89. The van der Waals surface area contributed by atoms with Crippen LogP contribution in [0.3, 0.4) is 0 Å². The molecule has 2 aromatic rings. The van der Waals surface area contributed by atoms with Gasteiger partial charge in [0.15, 0.2) is 0 Å². The van der Waals surface area contributed by atoms with Crippen molar-refractivity contribution < 1.29 is 9.90 Å². The van der Waals surface area contributed by atoms with Crippen LogP contribution in [0.25, 0.3) is 10.9 Å². The van der Waals surface area contributed by atoms with Crippen LogP contribution in [0, 0.1) is 5.41 Å². The number of aliphatic hydroxyl groups excluding tert-OH is 1. The number of carbonyl (C=O) groups is 1. The number of amides is 1. The summed E-state index contributed by atoms with van der Waals surface area (Å²) in [5, 5.41) is 13.2. The first-order valence-electron chi connectivity index (χ1n) is 7.38. The number of fused-ring (bicyclic) bond motifs is 1. The van der Waals surface area contributed by atoms with Gasteiger partial charge in [-0.3, -0.25) is 4.79 Å². The van der Waals surface area contributed by atoms with E-state index in [1.54, 1.807) is 0 Å². The largest absolute Gasteiger partial charge is 0.396 e. The highest BCUT2D eigenvalue weighted by molar-refractivity contribution is 5.98. The van der Waals surface area contributed by atoms with Gasteiger partial charge in [-0.15, -0.1) is 0 Å². The molecule has 2 N–H and O–H groups in total. The van der Waals surface area contributed by atoms with Gasteiger partial charge in [0.05, 0.1) is 0 Å². The zero-order valence-electron chi connectivity index (χ0n) is 13.0. The minimum Gasteiger partial charge on any atom is -0.396 e. The molecule has 114 valence electrons. The highest BCUT2D eigenvalue weighted by atomic mass is 16.3. The van der Waals surface area contributed by atoms with E-state index < -0.39 is 0 Å². The molecular weight excluding hydrogens is 264 g/mol. The standard InChI is InChI=1S/C17H24N2O2/c1-17(2,12-20)9-6-10-18-16(21)15-11-13-7-4-5-8-14(13)19(15)3/h4-5,7-8,11,20H,6,9-10,12H2,1-3H3,(H,18,21). The van der Waals surface area contributed by atoms with E-state index in [1.165, 1.54) is 0 Å². The van der Waals surface area contributed by atoms with E-state index in [-0.39, 0.29) is 17.9 Å². The normalized spacial score (nSPS) is 11.8. The third kappa shape index (κ3) is 3.64. The van der Waals surface area contributed by atoms with Gasteiger partial charge < -0.3 is 15.0 Å². The van der Waals surface area contributed by atoms with Gasteiger partial charge in [-0.05, 0) is 30.4 Å². The smallest absolute Gasteiger partial charge is 0.267 e. The molecule has 0 aliphatic heterocycles. The number of aromatic nitrogens is 1. The predicted octanol–water partition coefficient (Wildman–Crippen LogP) is 2.71. The molecule has 21 heavy (non-hydrogen) atoms. The Morgan fingerprint density at radius 3 is 2.71 bits per heavy atom. The van der Waals surface area contributed by atoms with Crippen LogP contribution in [0.2, 0.25) is 0 Å². The Morgan fingerprint density at radius 1 is 1.33 bits per heavy atom. The van der Waals surface area contributed by atoms with Crippen LogP contribution in [0.1, 0.15) is 37.2 Å². The SMILES string of the molecule is Cn1c(C(=O)NCCCC(C)(C)CO)cc2ccccc21. The van der Waals surface area contributed by atoms with Gasteiger partial charge in [0, 0.05) is 31.1 Å². The maximum absolute atomic E-state index is 12.2. The number of aliphatic hydroxyl groups is 1. The summed E-state index contributed by atoms with van der Waals surface area (Å²) in [5.74, 6) is -0.0458. The summed E-state index contributed by atoms with van der Waals surface area (Å²) in [6.45, 7) is 4.85. The number of hydrogen-bond donors (Lipinski definition) is 2. The summed E-state index contributed by atoms with van der Waals surface area (Å²) < 4.78 is 1.92. The van der Waals surface area contributed by atoms with E-state index in [0.29, 0.717) is 12.2 Å². The Kier molecular flexibility index (Phi) is 4.68. The molecule has 0 atom stereocenters. The van der Waals surface area contributed by atoms with Crippen molar-refractivity contribution in [3.63, 3.8) is 0 Å². The number of benzene rings is 1. The topological polar surface area (TPSA) is 54.3 Å². The number of hydrogen-bond acceptors (Lipinski definition) is 2. The van der Waals surface area contributed by atoms with Crippen molar-refractivity contribution in [1.29, 1.82) is 0 Å². The predicted molar refractivity (Wildman–Crippen MR) is 85.4 cm³/mol.